The van der Waals surface area contributed by atoms with Gasteiger partial charge in [0, 0.05) is 22.3 Å². The molecule has 0 saturated heterocycles. The van der Waals surface area contributed by atoms with E-state index in [1.807, 2.05) is 0 Å². The van der Waals surface area contributed by atoms with Crippen LogP contribution in [-0.2, 0) is 12.4 Å². The highest BCUT2D eigenvalue weighted by atomic mass is 79.9. The van der Waals surface area contributed by atoms with Crippen molar-refractivity contribution < 1.29 is 36.2 Å². The number of anilines is 1. The van der Waals surface area contributed by atoms with Gasteiger partial charge >= 0.3 is 12.4 Å². The van der Waals surface area contributed by atoms with E-state index in [4.69, 9.17) is 17.3 Å². The fraction of sp³-hybridized carbons (Fsp3) is 0.167. The van der Waals surface area contributed by atoms with Gasteiger partial charge in [-0.25, -0.2) is 9.67 Å². The largest absolute Gasteiger partial charge is 0.435 e. The quantitative estimate of drug-likeness (QED) is 0.311. The zero-order valence-electron chi connectivity index (χ0n) is 15.8. The summed E-state index contributed by atoms with van der Waals surface area (Å²) in [5, 5.41) is 15.1. The lowest BCUT2D eigenvalue weighted by Crippen LogP contribution is -2.21. The van der Waals surface area contributed by atoms with Crippen LogP contribution in [0, 0.1) is 0 Å². The molecule has 0 radical (unpaired) electrons. The van der Waals surface area contributed by atoms with Gasteiger partial charge in [-0.1, -0.05) is 11.6 Å². The number of aliphatic hydroxyl groups excluding tert-OH is 1. The maximum absolute atomic E-state index is 13.3. The Bertz CT molecular complexity index is 1210. The average molecular weight is 559 g/mol. The second kappa shape index (κ2) is 8.93. The van der Waals surface area contributed by atoms with Crippen molar-refractivity contribution in [2.45, 2.75) is 18.6 Å². The summed E-state index contributed by atoms with van der Waals surface area (Å²) in [5.41, 5.74) is 1.09. The Balaban J connectivity index is 2.12. The van der Waals surface area contributed by atoms with Crippen molar-refractivity contribution >= 4 is 39.1 Å². The minimum Gasteiger partial charge on any atom is -0.374 e. The molecule has 0 bridgehead atoms. The lowest BCUT2D eigenvalue weighted by molar-refractivity contribution is -0.141. The molecule has 2 aromatic heterocycles. The van der Waals surface area contributed by atoms with E-state index in [0.29, 0.717) is 22.9 Å². The van der Waals surface area contributed by atoms with Gasteiger partial charge < -0.3 is 16.2 Å². The first-order chi connectivity index (χ1) is 15.2. The van der Waals surface area contributed by atoms with Crippen LogP contribution in [0.15, 0.2) is 41.0 Å². The minimum atomic E-state index is -4.94. The third-order valence-corrected chi connectivity index (χ3v) is 5.10. The van der Waals surface area contributed by atoms with Crippen molar-refractivity contribution in [1.29, 1.82) is 0 Å². The van der Waals surface area contributed by atoms with Crippen LogP contribution in [0.3, 0.4) is 0 Å². The molecule has 0 fully saturated rings. The van der Waals surface area contributed by atoms with Crippen LogP contribution in [0.2, 0.25) is 5.02 Å². The third-order valence-electron chi connectivity index (χ3n) is 4.18. The molecule has 0 aliphatic carbocycles. The number of amides is 1. The monoisotopic (exact) mass is 557 g/mol. The Morgan fingerprint density at radius 3 is 2.39 bits per heavy atom. The van der Waals surface area contributed by atoms with E-state index in [2.05, 4.69) is 31.3 Å². The van der Waals surface area contributed by atoms with Crippen molar-refractivity contribution in [3.05, 3.63) is 68.5 Å². The van der Waals surface area contributed by atoms with Crippen molar-refractivity contribution in [2.24, 2.45) is 5.73 Å². The molecule has 7 nitrogen and oxygen atoms in total. The van der Waals surface area contributed by atoms with Crippen LogP contribution in [0.4, 0.5) is 32.0 Å². The predicted octanol–water partition coefficient (Wildman–Crippen LogP) is 4.92. The van der Waals surface area contributed by atoms with E-state index < -0.39 is 52.7 Å². The number of aromatic nitrogens is 3. The van der Waals surface area contributed by atoms with Crippen LogP contribution in [0.1, 0.15) is 33.5 Å². The van der Waals surface area contributed by atoms with Gasteiger partial charge in [0.2, 0.25) is 0 Å². The van der Waals surface area contributed by atoms with Crippen LogP contribution in [-0.4, -0.2) is 25.8 Å². The van der Waals surface area contributed by atoms with E-state index in [0.717, 1.165) is 0 Å². The standard InChI is InChI=1S/C18H11BrClF6N5O2/c19-9-5-7(17(21,22)23)4-8(14(27)32)13(9)29-16(33)11-6-12(18(24,25)26)30-31(11)15-10(20)2-1-3-28-15/h1-6,14,32H,27H2,(H,29,33). The number of pyridine rings is 1. The van der Waals surface area contributed by atoms with Crippen molar-refractivity contribution in [1.82, 2.24) is 14.8 Å². The molecule has 1 atom stereocenters. The Morgan fingerprint density at radius 1 is 1.18 bits per heavy atom. The molecule has 0 saturated carbocycles. The molecule has 15 heteroatoms. The number of nitrogens with two attached hydrogens (primary N) is 1. The van der Waals surface area contributed by atoms with Gasteiger partial charge in [0.25, 0.3) is 5.91 Å². The highest BCUT2D eigenvalue weighted by Crippen LogP contribution is 2.38. The van der Waals surface area contributed by atoms with Gasteiger partial charge in [0.15, 0.2) is 11.5 Å². The summed E-state index contributed by atoms with van der Waals surface area (Å²) in [4.78, 5) is 16.7. The first-order valence-electron chi connectivity index (χ1n) is 8.64. The number of hydrogen-bond donors (Lipinski definition) is 3. The molecular formula is C18H11BrClF6N5O2. The number of carbonyl (C=O) groups excluding carboxylic acids is 1. The summed E-state index contributed by atoms with van der Waals surface area (Å²) in [6, 6.07) is 4.22. The molecular weight excluding hydrogens is 548 g/mol. The number of benzene rings is 1. The highest BCUT2D eigenvalue weighted by Gasteiger charge is 2.37. The topological polar surface area (TPSA) is 106 Å². The number of nitrogens with zero attached hydrogens (tertiary/aromatic N) is 3. The fourth-order valence-corrected chi connectivity index (χ4v) is 3.49. The molecule has 3 aromatic rings. The predicted molar refractivity (Wildman–Crippen MR) is 108 cm³/mol. The Hall–Kier alpha value is -2.68. The van der Waals surface area contributed by atoms with Crippen LogP contribution in [0.5, 0.6) is 0 Å². The lowest BCUT2D eigenvalue weighted by Gasteiger charge is -2.18. The normalized spacial score (nSPS) is 13.2. The van der Waals surface area contributed by atoms with Gasteiger partial charge in [-0.15, -0.1) is 0 Å². The summed E-state index contributed by atoms with van der Waals surface area (Å²) in [5.74, 6) is -1.52. The average Bonchev–Trinajstić information content (AvgIpc) is 3.14. The maximum Gasteiger partial charge on any atom is 0.435 e. The number of aliphatic hydroxyl groups is 1. The summed E-state index contributed by atoms with van der Waals surface area (Å²) in [7, 11) is 0. The molecule has 2 heterocycles. The molecule has 0 aliphatic rings. The summed E-state index contributed by atoms with van der Waals surface area (Å²) >= 11 is 8.83. The fourth-order valence-electron chi connectivity index (χ4n) is 2.71. The Morgan fingerprint density at radius 2 is 1.85 bits per heavy atom. The number of nitrogens with one attached hydrogen (secondary N) is 1. The van der Waals surface area contributed by atoms with Gasteiger partial charge in [-0.05, 0) is 40.2 Å². The van der Waals surface area contributed by atoms with Crippen molar-refractivity contribution in [3.8, 4) is 5.82 Å². The summed E-state index contributed by atoms with van der Waals surface area (Å²) in [6.07, 6.45) is -10.5. The second-order valence-electron chi connectivity index (χ2n) is 6.45. The van der Waals surface area contributed by atoms with Crippen LogP contribution < -0.4 is 11.1 Å². The van der Waals surface area contributed by atoms with Gasteiger partial charge in [0.1, 0.15) is 11.9 Å². The third kappa shape index (κ3) is 5.29. The summed E-state index contributed by atoms with van der Waals surface area (Å²) in [6.45, 7) is 0. The number of rotatable bonds is 4. The smallest absolute Gasteiger partial charge is 0.374 e. The minimum absolute atomic E-state index is 0.128. The van der Waals surface area contributed by atoms with E-state index in [-0.39, 0.29) is 15.3 Å². The number of carbonyl (C=O) groups is 1. The molecule has 0 aliphatic heterocycles. The van der Waals surface area contributed by atoms with E-state index in [1.165, 1.54) is 18.3 Å². The van der Waals surface area contributed by atoms with Crippen LogP contribution in [0.25, 0.3) is 5.82 Å². The molecule has 1 unspecified atom stereocenters. The number of hydrogen-bond acceptors (Lipinski definition) is 5. The summed E-state index contributed by atoms with van der Waals surface area (Å²) < 4.78 is 79.3. The molecule has 0 spiro atoms. The van der Waals surface area contributed by atoms with Gasteiger partial charge in [-0.2, -0.15) is 31.4 Å². The van der Waals surface area contributed by atoms with Gasteiger partial charge in [-0.3, -0.25) is 4.79 Å². The van der Waals surface area contributed by atoms with Gasteiger partial charge in [0.05, 0.1) is 16.3 Å². The Labute approximate surface area is 194 Å². The van der Waals surface area contributed by atoms with E-state index in [9.17, 15) is 36.2 Å². The molecule has 4 N–H and O–H groups in total. The van der Waals surface area contributed by atoms with E-state index in [1.54, 1.807) is 0 Å². The van der Waals surface area contributed by atoms with Crippen molar-refractivity contribution in [2.75, 3.05) is 5.32 Å². The zero-order chi connectivity index (χ0) is 24.7. The lowest BCUT2D eigenvalue weighted by atomic mass is 10.1. The molecule has 176 valence electrons. The molecule has 3 rings (SSSR count). The zero-order valence-corrected chi connectivity index (χ0v) is 18.2. The van der Waals surface area contributed by atoms with Crippen molar-refractivity contribution in [3.63, 3.8) is 0 Å². The highest BCUT2D eigenvalue weighted by molar-refractivity contribution is 9.10. The van der Waals surface area contributed by atoms with Crippen LogP contribution >= 0.6 is 27.5 Å². The number of alkyl halides is 6. The Kier molecular flexibility index (Phi) is 6.75. The maximum atomic E-state index is 13.3. The SMILES string of the molecule is NC(O)c1cc(C(F)(F)F)cc(Br)c1NC(=O)c1cc(C(F)(F)F)nn1-c1ncccc1Cl. The first kappa shape index (κ1) is 25.0. The first-order valence-corrected chi connectivity index (χ1v) is 9.81. The molecule has 33 heavy (non-hydrogen) atoms. The molecule has 1 aromatic carbocycles. The molecule has 1 amide bonds. The van der Waals surface area contributed by atoms with E-state index >= 15 is 0 Å². The number of halogens is 8. The second-order valence-corrected chi connectivity index (χ2v) is 7.71.